The van der Waals surface area contributed by atoms with Crippen LogP contribution in [0.3, 0.4) is 0 Å². The van der Waals surface area contributed by atoms with Gasteiger partial charge < -0.3 is 14.7 Å². The number of amides is 1. The van der Waals surface area contributed by atoms with E-state index in [1.165, 1.54) is 24.1 Å². The van der Waals surface area contributed by atoms with Crippen molar-refractivity contribution in [1.29, 1.82) is 0 Å². The summed E-state index contributed by atoms with van der Waals surface area (Å²) in [4.78, 5) is 19.2. The molecule has 2 aromatic carbocycles. The van der Waals surface area contributed by atoms with E-state index in [4.69, 9.17) is 4.52 Å². The Morgan fingerprint density at radius 1 is 1.16 bits per heavy atom. The van der Waals surface area contributed by atoms with Gasteiger partial charge in [0.05, 0.1) is 0 Å². The molecule has 0 radical (unpaired) electrons. The Morgan fingerprint density at radius 3 is 2.68 bits per heavy atom. The molecule has 0 aliphatic carbocycles. The average Bonchev–Trinajstić information content (AvgIpc) is 3.28. The summed E-state index contributed by atoms with van der Waals surface area (Å²) in [6.45, 7) is 6.63. The molecule has 6 heteroatoms. The van der Waals surface area contributed by atoms with Gasteiger partial charge in [-0.05, 0) is 67.1 Å². The summed E-state index contributed by atoms with van der Waals surface area (Å²) in [6, 6.07) is 16.2. The number of hydrogen-bond acceptors (Lipinski definition) is 5. The number of benzene rings is 2. The second kappa shape index (κ2) is 9.77. The molecule has 31 heavy (non-hydrogen) atoms. The molecule has 1 aliphatic heterocycles. The van der Waals surface area contributed by atoms with Crippen LogP contribution in [-0.2, 0) is 17.6 Å². The zero-order chi connectivity index (χ0) is 21.6. The molecule has 0 saturated carbocycles. The molecule has 0 unspecified atom stereocenters. The number of anilines is 2. The van der Waals surface area contributed by atoms with Crippen molar-refractivity contribution in [1.82, 2.24) is 10.1 Å². The summed E-state index contributed by atoms with van der Waals surface area (Å²) in [5.74, 6) is 1.79. The lowest BCUT2D eigenvalue weighted by Crippen LogP contribution is -2.32. The minimum Gasteiger partial charge on any atom is -0.372 e. The van der Waals surface area contributed by atoms with Crippen LogP contribution in [0.25, 0.3) is 11.4 Å². The van der Waals surface area contributed by atoms with Gasteiger partial charge in [-0.25, -0.2) is 0 Å². The molecule has 2 heterocycles. The molecule has 1 N–H and O–H groups in total. The maximum atomic E-state index is 12.3. The first-order valence-corrected chi connectivity index (χ1v) is 11.2. The summed E-state index contributed by atoms with van der Waals surface area (Å²) >= 11 is 0. The SMILES string of the molecule is CCc1cccc(NC(=O)CCc2nc(-c3ccc(N4CCC(C)CC4)cc3)no2)c1. The molecular weight excluding hydrogens is 388 g/mol. The molecule has 1 aliphatic rings. The number of nitrogens with one attached hydrogen (secondary N) is 1. The standard InChI is InChI=1S/C25H30N4O2/c1-3-19-5-4-6-21(17-19)26-23(30)11-12-24-27-25(28-31-24)20-7-9-22(10-8-20)29-15-13-18(2)14-16-29/h4-10,17-18H,3,11-16H2,1-2H3,(H,26,30). The minimum atomic E-state index is -0.0618. The second-order valence-electron chi connectivity index (χ2n) is 8.33. The molecule has 4 rings (SSSR count). The monoisotopic (exact) mass is 418 g/mol. The molecule has 1 aromatic heterocycles. The van der Waals surface area contributed by atoms with Gasteiger partial charge >= 0.3 is 0 Å². The van der Waals surface area contributed by atoms with E-state index in [2.05, 4.69) is 52.4 Å². The van der Waals surface area contributed by atoms with Crippen LogP contribution in [0, 0.1) is 5.92 Å². The fraction of sp³-hybridized carbons (Fsp3) is 0.400. The Kier molecular flexibility index (Phi) is 6.65. The average molecular weight is 419 g/mol. The Balaban J connectivity index is 1.31. The van der Waals surface area contributed by atoms with Crippen molar-refractivity contribution < 1.29 is 9.32 Å². The topological polar surface area (TPSA) is 71.3 Å². The Bertz CT molecular complexity index is 1000. The summed E-state index contributed by atoms with van der Waals surface area (Å²) in [5, 5.41) is 7.02. The van der Waals surface area contributed by atoms with Gasteiger partial charge in [0, 0.05) is 42.9 Å². The van der Waals surface area contributed by atoms with Gasteiger partial charge in [-0.1, -0.05) is 31.1 Å². The van der Waals surface area contributed by atoms with Crippen molar-refractivity contribution in [2.24, 2.45) is 5.92 Å². The molecule has 1 fully saturated rings. The van der Waals surface area contributed by atoms with Crippen LogP contribution in [0.5, 0.6) is 0 Å². The van der Waals surface area contributed by atoms with Crippen LogP contribution in [-0.4, -0.2) is 29.1 Å². The normalized spacial score (nSPS) is 14.6. The number of nitrogens with zero attached hydrogens (tertiary/aromatic N) is 3. The molecule has 162 valence electrons. The van der Waals surface area contributed by atoms with Crippen molar-refractivity contribution in [3.05, 3.63) is 60.0 Å². The summed E-state index contributed by atoms with van der Waals surface area (Å²) in [7, 11) is 0. The van der Waals surface area contributed by atoms with E-state index in [1.807, 2.05) is 30.3 Å². The lowest BCUT2D eigenvalue weighted by atomic mass is 9.98. The maximum absolute atomic E-state index is 12.3. The van der Waals surface area contributed by atoms with Gasteiger partial charge in [0.25, 0.3) is 0 Å². The summed E-state index contributed by atoms with van der Waals surface area (Å²) < 4.78 is 5.36. The van der Waals surface area contributed by atoms with Crippen molar-refractivity contribution in [2.75, 3.05) is 23.3 Å². The predicted octanol–water partition coefficient (Wildman–Crippen LogP) is 5.11. The van der Waals surface area contributed by atoms with Gasteiger partial charge in [0.2, 0.25) is 17.6 Å². The number of aromatic nitrogens is 2. The first kappa shape index (κ1) is 21.1. The minimum absolute atomic E-state index is 0.0618. The predicted molar refractivity (Wildman–Crippen MR) is 123 cm³/mol. The lowest BCUT2D eigenvalue weighted by Gasteiger charge is -2.32. The zero-order valence-electron chi connectivity index (χ0n) is 18.3. The van der Waals surface area contributed by atoms with Crippen LogP contribution in [0.4, 0.5) is 11.4 Å². The molecule has 1 saturated heterocycles. The number of piperidine rings is 1. The van der Waals surface area contributed by atoms with E-state index in [0.29, 0.717) is 24.6 Å². The van der Waals surface area contributed by atoms with Crippen LogP contribution >= 0.6 is 0 Å². The number of carbonyl (C=O) groups excluding carboxylic acids is 1. The van der Waals surface area contributed by atoms with E-state index in [0.717, 1.165) is 36.7 Å². The third-order valence-electron chi connectivity index (χ3n) is 5.93. The van der Waals surface area contributed by atoms with Crippen molar-refractivity contribution in [2.45, 2.75) is 46.0 Å². The highest BCUT2D eigenvalue weighted by Crippen LogP contribution is 2.25. The molecule has 1 amide bonds. The lowest BCUT2D eigenvalue weighted by molar-refractivity contribution is -0.116. The van der Waals surface area contributed by atoms with Crippen LogP contribution in [0.15, 0.2) is 53.1 Å². The Labute approximate surface area is 183 Å². The first-order valence-electron chi connectivity index (χ1n) is 11.2. The van der Waals surface area contributed by atoms with Gasteiger partial charge in [-0.2, -0.15) is 4.98 Å². The molecule has 0 bridgehead atoms. The zero-order valence-corrected chi connectivity index (χ0v) is 18.3. The van der Waals surface area contributed by atoms with E-state index >= 15 is 0 Å². The van der Waals surface area contributed by atoms with E-state index in [1.54, 1.807) is 0 Å². The van der Waals surface area contributed by atoms with Gasteiger partial charge in [-0.15, -0.1) is 0 Å². The highest BCUT2D eigenvalue weighted by Gasteiger charge is 2.16. The Hall–Kier alpha value is -3.15. The summed E-state index contributed by atoms with van der Waals surface area (Å²) in [5.41, 5.74) is 4.17. The van der Waals surface area contributed by atoms with Crippen molar-refractivity contribution >= 4 is 17.3 Å². The van der Waals surface area contributed by atoms with E-state index in [9.17, 15) is 4.79 Å². The first-order chi connectivity index (χ1) is 15.1. The second-order valence-corrected chi connectivity index (χ2v) is 8.33. The van der Waals surface area contributed by atoms with Crippen LogP contribution in [0.2, 0.25) is 0 Å². The molecule has 3 aromatic rings. The highest BCUT2D eigenvalue weighted by molar-refractivity contribution is 5.90. The van der Waals surface area contributed by atoms with E-state index in [-0.39, 0.29) is 5.91 Å². The fourth-order valence-electron chi connectivity index (χ4n) is 3.87. The smallest absolute Gasteiger partial charge is 0.227 e. The number of rotatable bonds is 7. The maximum Gasteiger partial charge on any atom is 0.227 e. The number of aryl methyl sites for hydroxylation is 2. The van der Waals surface area contributed by atoms with Crippen LogP contribution in [0.1, 0.15) is 44.6 Å². The van der Waals surface area contributed by atoms with Crippen LogP contribution < -0.4 is 10.2 Å². The van der Waals surface area contributed by atoms with Gasteiger partial charge in [0.1, 0.15) is 0 Å². The molecule has 6 nitrogen and oxygen atoms in total. The molecule has 0 spiro atoms. The third kappa shape index (κ3) is 5.51. The largest absolute Gasteiger partial charge is 0.372 e. The fourth-order valence-corrected chi connectivity index (χ4v) is 3.87. The van der Waals surface area contributed by atoms with Crippen molar-refractivity contribution in [3.63, 3.8) is 0 Å². The van der Waals surface area contributed by atoms with Gasteiger partial charge in [-0.3, -0.25) is 4.79 Å². The Morgan fingerprint density at radius 2 is 1.94 bits per heavy atom. The quantitative estimate of drug-likeness (QED) is 0.577. The third-order valence-corrected chi connectivity index (χ3v) is 5.93. The molecular formula is C25H30N4O2. The molecule has 0 atom stereocenters. The van der Waals surface area contributed by atoms with Gasteiger partial charge in [0.15, 0.2) is 0 Å². The summed E-state index contributed by atoms with van der Waals surface area (Å²) in [6.07, 6.45) is 4.13. The number of carbonyl (C=O) groups is 1. The van der Waals surface area contributed by atoms with Crippen molar-refractivity contribution in [3.8, 4) is 11.4 Å². The van der Waals surface area contributed by atoms with E-state index < -0.39 is 0 Å². The highest BCUT2D eigenvalue weighted by atomic mass is 16.5. The number of hydrogen-bond donors (Lipinski definition) is 1.